The highest BCUT2D eigenvalue weighted by atomic mass is 16.6. The zero-order chi connectivity index (χ0) is 22.7. The average molecular weight is 429 g/mol. The van der Waals surface area contributed by atoms with E-state index in [-0.39, 0.29) is 23.4 Å². The van der Waals surface area contributed by atoms with Gasteiger partial charge in [-0.05, 0) is 23.8 Å². The number of aliphatic hydroxyl groups excluding tert-OH is 1. The molecule has 2 aromatic rings. The summed E-state index contributed by atoms with van der Waals surface area (Å²) < 4.78 is 10.3. The number of methoxy groups -OCH3 is 2. The van der Waals surface area contributed by atoms with Crippen LogP contribution in [0.1, 0.15) is 32.4 Å². The molecule has 1 aliphatic heterocycles. The number of nitro benzene ring substituents is 1. The molecule has 0 spiro atoms. The Labute approximate surface area is 176 Å². The smallest absolute Gasteiger partial charge is 0.270 e. The molecule has 1 heterocycles. The Balaban J connectivity index is 1.63. The van der Waals surface area contributed by atoms with E-state index in [1.54, 1.807) is 18.2 Å². The van der Waals surface area contributed by atoms with Gasteiger partial charge in [-0.1, -0.05) is 6.07 Å². The monoisotopic (exact) mass is 429 g/mol. The SMILES string of the molecule is COc1ccc(C(O)CNC(=O)CN2C(=O)c3ccc([N+](=O)[O-])cc3C2=O)cc1OC. The van der Waals surface area contributed by atoms with Crippen LogP contribution in [0.4, 0.5) is 5.69 Å². The van der Waals surface area contributed by atoms with Crippen LogP contribution in [0.2, 0.25) is 0 Å². The predicted octanol–water partition coefficient (Wildman–Crippen LogP) is 1.06. The second-order valence-corrected chi connectivity index (χ2v) is 6.62. The molecule has 0 aromatic heterocycles. The average Bonchev–Trinajstić information content (AvgIpc) is 3.01. The number of imide groups is 1. The second-order valence-electron chi connectivity index (χ2n) is 6.62. The number of hydrogen-bond donors (Lipinski definition) is 2. The molecule has 3 amide bonds. The van der Waals surface area contributed by atoms with Crippen molar-refractivity contribution in [2.45, 2.75) is 6.10 Å². The summed E-state index contributed by atoms with van der Waals surface area (Å²) in [6, 6.07) is 8.09. The van der Waals surface area contributed by atoms with E-state index in [4.69, 9.17) is 9.47 Å². The molecule has 1 atom stereocenters. The van der Waals surface area contributed by atoms with Gasteiger partial charge in [0.05, 0.1) is 36.4 Å². The van der Waals surface area contributed by atoms with E-state index in [1.165, 1.54) is 20.3 Å². The number of carbonyl (C=O) groups is 3. The van der Waals surface area contributed by atoms with Crippen LogP contribution in [0.5, 0.6) is 11.5 Å². The molecule has 3 rings (SSSR count). The van der Waals surface area contributed by atoms with Gasteiger partial charge < -0.3 is 19.9 Å². The molecule has 0 bridgehead atoms. The van der Waals surface area contributed by atoms with Crippen molar-refractivity contribution in [2.24, 2.45) is 0 Å². The summed E-state index contributed by atoms with van der Waals surface area (Å²) in [7, 11) is 2.93. The van der Waals surface area contributed by atoms with E-state index in [1.807, 2.05) is 0 Å². The Bertz CT molecular complexity index is 1070. The van der Waals surface area contributed by atoms with Gasteiger partial charge in [0.1, 0.15) is 6.54 Å². The Hall–Kier alpha value is -3.99. The van der Waals surface area contributed by atoms with Gasteiger partial charge in [0, 0.05) is 18.7 Å². The molecule has 162 valence electrons. The van der Waals surface area contributed by atoms with Gasteiger partial charge in [-0.15, -0.1) is 0 Å². The fourth-order valence-electron chi connectivity index (χ4n) is 3.12. The molecular formula is C20H19N3O8. The molecule has 11 nitrogen and oxygen atoms in total. The van der Waals surface area contributed by atoms with Crippen molar-refractivity contribution >= 4 is 23.4 Å². The maximum atomic E-state index is 12.4. The Morgan fingerprint density at radius 3 is 2.42 bits per heavy atom. The van der Waals surface area contributed by atoms with Crippen LogP contribution in [0.25, 0.3) is 0 Å². The lowest BCUT2D eigenvalue weighted by molar-refractivity contribution is -0.384. The van der Waals surface area contributed by atoms with E-state index in [0.717, 1.165) is 12.1 Å². The number of fused-ring (bicyclic) bond motifs is 1. The lowest BCUT2D eigenvalue weighted by Crippen LogP contribution is -2.41. The summed E-state index contributed by atoms with van der Waals surface area (Å²) in [4.78, 5) is 48.0. The minimum atomic E-state index is -1.08. The lowest BCUT2D eigenvalue weighted by Gasteiger charge is -2.17. The molecule has 2 aromatic carbocycles. The van der Waals surface area contributed by atoms with Crippen LogP contribution in [-0.2, 0) is 4.79 Å². The van der Waals surface area contributed by atoms with Gasteiger partial charge >= 0.3 is 0 Å². The van der Waals surface area contributed by atoms with Gasteiger partial charge in [0.15, 0.2) is 11.5 Å². The first kappa shape index (κ1) is 21.7. The second kappa shape index (κ2) is 8.79. The quantitative estimate of drug-likeness (QED) is 0.359. The van der Waals surface area contributed by atoms with Crippen LogP contribution in [0.15, 0.2) is 36.4 Å². The predicted molar refractivity (Wildman–Crippen MR) is 106 cm³/mol. The molecule has 0 aliphatic carbocycles. The van der Waals surface area contributed by atoms with Gasteiger partial charge in [-0.2, -0.15) is 0 Å². The third kappa shape index (κ3) is 4.31. The highest BCUT2D eigenvalue weighted by molar-refractivity contribution is 6.22. The molecule has 0 saturated carbocycles. The summed E-state index contributed by atoms with van der Waals surface area (Å²) >= 11 is 0. The molecule has 31 heavy (non-hydrogen) atoms. The van der Waals surface area contributed by atoms with Gasteiger partial charge in [0.25, 0.3) is 17.5 Å². The van der Waals surface area contributed by atoms with Crippen molar-refractivity contribution in [1.82, 2.24) is 10.2 Å². The fourth-order valence-corrected chi connectivity index (χ4v) is 3.12. The number of nitrogens with one attached hydrogen (secondary N) is 1. The maximum absolute atomic E-state index is 12.4. The van der Waals surface area contributed by atoms with Crippen molar-refractivity contribution in [3.05, 3.63) is 63.2 Å². The lowest BCUT2D eigenvalue weighted by atomic mass is 10.1. The number of hydrogen-bond acceptors (Lipinski definition) is 8. The number of rotatable bonds is 8. The first-order valence-electron chi connectivity index (χ1n) is 9.08. The van der Waals surface area contributed by atoms with Crippen LogP contribution in [0, 0.1) is 10.1 Å². The van der Waals surface area contributed by atoms with Crippen LogP contribution < -0.4 is 14.8 Å². The molecular weight excluding hydrogens is 410 g/mol. The molecule has 0 saturated heterocycles. The summed E-state index contributed by atoms with van der Waals surface area (Å²) in [6.45, 7) is -0.762. The van der Waals surface area contributed by atoms with E-state index in [9.17, 15) is 29.6 Å². The fraction of sp³-hybridized carbons (Fsp3) is 0.250. The first-order chi connectivity index (χ1) is 14.8. The van der Waals surface area contributed by atoms with Crippen molar-refractivity contribution < 1.29 is 33.9 Å². The third-order valence-corrected chi connectivity index (χ3v) is 4.75. The molecule has 1 aliphatic rings. The highest BCUT2D eigenvalue weighted by Gasteiger charge is 2.37. The minimum Gasteiger partial charge on any atom is -0.493 e. The Morgan fingerprint density at radius 1 is 1.10 bits per heavy atom. The molecule has 0 fully saturated rings. The molecule has 0 radical (unpaired) electrons. The highest BCUT2D eigenvalue weighted by Crippen LogP contribution is 2.30. The van der Waals surface area contributed by atoms with Crippen LogP contribution >= 0.6 is 0 Å². The number of non-ortho nitro benzene ring substituents is 1. The van der Waals surface area contributed by atoms with Crippen LogP contribution in [-0.4, -0.2) is 60.0 Å². The van der Waals surface area contributed by atoms with Crippen LogP contribution in [0.3, 0.4) is 0 Å². The zero-order valence-electron chi connectivity index (χ0n) is 16.7. The largest absolute Gasteiger partial charge is 0.493 e. The Morgan fingerprint density at radius 2 is 1.77 bits per heavy atom. The zero-order valence-corrected chi connectivity index (χ0v) is 16.7. The van der Waals surface area contributed by atoms with Crippen molar-refractivity contribution in [3.63, 3.8) is 0 Å². The number of carbonyl (C=O) groups excluding carboxylic acids is 3. The Kier molecular flexibility index (Phi) is 6.16. The molecule has 1 unspecified atom stereocenters. The van der Waals surface area contributed by atoms with Crippen molar-refractivity contribution in [3.8, 4) is 11.5 Å². The van der Waals surface area contributed by atoms with Crippen molar-refractivity contribution in [2.75, 3.05) is 27.3 Å². The van der Waals surface area contributed by atoms with Crippen molar-refractivity contribution in [1.29, 1.82) is 0 Å². The third-order valence-electron chi connectivity index (χ3n) is 4.75. The summed E-state index contributed by atoms with van der Waals surface area (Å²) in [5.41, 5.74) is 0.00126. The summed E-state index contributed by atoms with van der Waals surface area (Å²) in [6.07, 6.45) is -1.08. The topological polar surface area (TPSA) is 148 Å². The molecule has 2 N–H and O–H groups in total. The number of benzene rings is 2. The normalized spacial score (nSPS) is 13.6. The van der Waals surface area contributed by atoms with E-state index >= 15 is 0 Å². The minimum absolute atomic E-state index is 0.00578. The first-order valence-corrected chi connectivity index (χ1v) is 9.08. The summed E-state index contributed by atoms with van der Waals surface area (Å²) in [5.74, 6) is -1.30. The van der Waals surface area contributed by atoms with Gasteiger partial charge in [0.2, 0.25) is 5.91 Å². The molecule has 11 heteroatoms. The van der Waals surface area contributed by atoms with Gasteiger partial charge in [-0.3, -0.25) is 29.4 Å². The standard InChI is InChI=1S/C20H19N3O8/c1-30-16-6-3-11(7-17(16)31-2)15(24)9-21-18(25)10-22-19(26)13-5-4-12(23(28)29)8-14(13)20(22)27/h3-8,15,24H,9-10H2,1-2H3,(H,21,25). The van der Waals surface area contributed by atoms with E-state index in [2.05, 4.69) is 5.32 Å². The summed E-state index contributed by atoms with van der Waals surface area (Å²) in [5, 5.41) is 23.7. The van der Waals surface area contributed by atoms with E-state index in [0.29, 0.717) is 22.0 Å². The number of nitrogens with zero attached hydrogens (tertiary/aromatic N) is 2. The number of ether oxygens (including phenoxy) is 2. The maximum Gasteiger partial charge on any atom is 0.270 e. The number of aliphatic hydroxyl groups is 1. The van der Waals surface area contributed by atoms with Gasteiger partial charge in [-0.25, -0.2) is 0 Å². The number of nitro groups is 1. The van der Waals surface area contributed by atoms with E-state index < -0.39 is 35.3 Å². The number of amides is 3.